The van der Waals surface area contributed by atoms with Crippen LogP contribution in [0.2, 0.25) is 0 Å². The van der Waals surface area contributed by atoms with Crippen molar-refractivity contribution < 1.29 is 0 Å². The zero-order valence-electron chi connectivity index (χ0n) is 13.7. The molecule has 0 spiro atoms. The Morgan fingerprint density at radius 3 is 2.39 bits per heavy atom. The number of aryl methyl sites for hydroxylation is 1. The van der Waals surface area contributed by atoms with Crippen LogP contribution in [0.1, 0.15) is 12.0 Å². The SMILES string of the molecule is Cc1ccc(NC(N)=NCCCN(C)c2ccccc2)cc1.I. The number of nitrogens with zero attached hydrogens (tertiary/aromatic N) is 2. The Bertz CT molecular complexity index is 596. The second-order valence-corrected chi connectivity index (χ2v) is 5.37. The second kappa shape index (κ2) is 10.1. The van der Waals surface area contributed by atoms with Crippen LogP contribution in [-0.2, 0) is 0 Å². The van der Waals surface area contributed by atoms with Gasteiger partial charge in [0.2, 0.25) is 0 Å². The molecule has 23 heavy (non-hydrogen) atoms. The average molecular weight is 424 g/mol. The van der Waals surface area contributed by atoms with Crippen LogP contribution in [0.5, 0.6) is 0 Å². The van der Waals surface area contributed by atoms with Gasteiger partial charge in [-0.15, -0.1) is 24.0 Å². The molecule has 0 aliphatic rings. The fourth-order valence-electron chi connectivity index (χ4n) is 2.14. The van der Waals surface area contributed by atoms with Crippen LogP contribution < -0.4 is 16.0 Å². The Morgan fingerprint density at radius 1 is 1.09 bits per heavy atom. The van der Waals surface area contributed by atoms with Gasteiger partial charge < -0.3 is 16.0 Å². The number of nitrogens with one attached hydrogen (secondary N) is 1. The van der Waals surface area contributed by atoms with Crippen molar-refractivity contribution in [1.29, 1.82) is 0 Å². The highest BCUT2D eigenvalue weighted by Crippen LogP contribution is 2.11. The average Bonchev–Trinajstić information content (AvgIpc) is 2.54. The van der Waals surface area contributed by atoms with Gasteiger partial charge in [-0.3, -0.25) is 4.99 Å². The smallest absolute Gasteiger partial charge is 0.193 e. The van der Waals surface area contributed by atoms with Crippen LogP contribution in [0, 0.1) is 6.92 Å². The number of hydrogen-bond acceptors (Lipinski definition) is 2. The van der Waals surface area contributed by atoms with Crippen LogP contribution in [0.3, 0.4) is 0 Å². The highest BCUT2D eigenvalue weighted by molar-refractivity contribution is 14.0. The van der Waals surface area contributed by atoms with E-state index in [0.717, 1.165) is 18.7 Å². The van der Waals surface area contributed by atoms with E-state index in [0.29, 0.717) is 12.5 Å². The van der Waals surface area contributed by atoms with Crippen molar-refractivity contribution in [1.82, 2.24) is 0 Å². The van der Waals surface area contributed by atoms with Gasteiger partial charge in [-0.05, 0) is 37.6 Å². The molecule has 3 N–H and O–H groups in total. The highest BCUT2D eigenvalue weighted by atomic mass is 127. The molecule has 0 heterocycles. The van der Waals surface area contributed by atoms with Gasteiger partial charge in [0.25, 0.3) is 0 Å². The summed E-state index contributed by atoms with van der Waals surface area (Å²) in [6.45, 7) is 3.72. The summed E-state index contributed by atoms with van der Waals surface area (Å²) in [5.74, 6) is 0.464. The fourth-order valence-corrected chi connectivity index (χ4v) is 2.14. The zero-order chi connectivity index (χ0) is 15.8. The van der Waals surface area contributed by atoms with E-state index in [1.165, 1.54) is 11.3 Å². The van der Waals surface area contributed by atoms with Crippen molar-refractivity contribution in [2.75, 3.05) is 30.4 Å². The molecule has 2 aromatic carbocycles. The first-order chi connectivity index (χ1) is 10.6. The summed E-state index contributed by atoms with van der Waals surface area (Å²) in [7, 11) is 2.09. The quantitative estimate of drug-likeness (QED) is 0.321. The van der Waals surface area contributed by atoms with Crippen molar-refractivity contribution >= 4 is 41.3 Å². The van der Waals surface area contributed by atoms with Gasteiger partial charge in [-0.25, -0.2) is 0 Å². The number of rotatable bonds is 6. The first-order valence-electron chi connectivity index (χ1n) is 7.55. The lowest BCUT2D eigenvalue weighted by Gasteiger charge is -2.18. The molecule has 0 amide bonds. The van der Waals surface area contributed by atoms with E-state index >= 15 is 0 Å². The number of para-hydroxylation sites is 1. The number of hydrogen-bond donors (Lipinski definition) is 2. The summed E-state index contributed by atoms with van der Waals surface area (Å²) in [6, 6.07) is 18.4. The summed E-state index contributed by atoms with van der Waals surface area (Å²) >= 11 is 0. The third-order valence-electron chi connectivity index (χ3n) is 3.45. The number of nitrogens with two attached hydrogens (primary N) is 1. The van der Waals surface area contributed by atoms with E-state index in [2.05, 4.69) is 41.3 Å². The molecule has 0 aromatic heterocycles. The topological polar surface area (TPSA) is 53.6 Å². The van der Waals surface area contributed by atoms with E-state index in [-0.39, 0.29) is 24.0 Å². The Hall–Kier alpha value is -1.76. The lowest BCUT2D eigenvalue weighted by Crippen LogP contribution is -2.24. The number of anilines is 2. The Morgan fingerprint density at radius 2 is 1.74 bits per heavy atom. The molecule has 0 atom stereocenters. The van der Waals surface area contributed by atoms with Crippen LogP contribution in [0.25, 0.3) is 0 Å². The minimum atomic E-state index is 0. The zero-order valence-corrected chi connectivity index (χ0v) is 16.0. The number of guanidine groups is 1. The van der Waals surface area contributed by atoms with Crippen LogP contribution in [0.15, 0.2) is 59.6 Å². The number of benzene rings is 2. The molecule has 0 saturated carbocycles. The Balaban J connectivity index is 0.00000264. The van der Waals surface area contributed by atoms with Crippen molar-refractivity contribution in [3.63, 3.8) is 0 Å². The molecule has 5 heteroatoms. The Labute approximate surface area is 155 Å². The number of halogens is 1. The first-order valence-corrected chi connectivity index (χ1v) is 7.55. The fraction of sp³-hybridized carbons (Fsp3) is 0.278. The molecule has 0 aliphatic carbocycles. The molecule has 0 saturated heterocycles. The molecule has 4 nitrogen and oxygen atoms in total. The molecule has 0 unspecified atom stereocenters. The van der Waals surface area contributed by atoms with Gasteiger partial charge in [0.1, 0.15) is 0 Å². The summed E-state index contributed by atoms with van der Waals surface area (Å²) in [6.07, 6.45) is 0.960. The molecular weight excluding hydrogens is 399 g/mol. The lowest BCUT2D eigenvalue weighted by atomic mass is 10.2. The third kappa shape index (κ3) is 6.90. The molecule has 0 bridgehead atoms. The van der Waals surface area contributed by atoms with Gasteiger partial charge in [0.05, 0.1) is 0 Å². The maximum Gasteiger partial charge on any atom is 0.193 e. The minimum absolute atomic E-state index is 0. The van der Waals surface area contributed by atoms with Crippen LogP contribution in [-0.4, -0.2) is 26.1 Å². The van der Waals surface area contributed by atoms with Gasteiger partial charge >= 0.3 is 0 Å². The first kappa shape index (κ1) is 19.3. The predicted octanol–water partition coefficient (Wildman–Crippen LogP) is 3.87. The van der Waals surface area contributed by atoms with Gasteiger partial charge in [0.15, 0.2) is 5.96 Å². The monoisotopic (exact) mass is 424 g/mol. The maximum atomic E-state index is 5.90. The third-order valence-corrected chi connectivity index (χ3v) is 3.45. The molecule has 0 aliphatic heterocycles. The van der Waals surface area contributed by atoms with Gasteiger partial charge in [0, 0.05) is 31.5 Å². The molecule has 124 valence electrons. The number of aliphatic imine (C=N–C) groups is 1. The van der Waals surface area contributed by atoms with Crippen molar-refractivity contribution in [3.8, 4) is 0 Å². The molecule has 2 aromatic rings. The van der Waals surface area contributed by atoms with Crippen molar-refractivity contribution in [2.24, 2.45) is 10.7 Å². The molecule has 2 rings (SSSR count). The van der Waals surface area contributed by atoms with E-state index in [9.17, 15) is 0 Å². The van der Waals surface area contributed by atoms with Crippen LogP contribution >= 0.6 is 24.0 Å². The minimum Gasteiger partial charge on any atom is -0.375 e. The largest absolute Gasteiger partial charge is 0.375 e. The lowest BCUT2D eigenvalue weighted by molar-refractivity contribution is 0.795. The summed E-state index contributed by atoms with van der Waals surface area (Å²) < 4.78 is 0. The standard InChI is InChI=1S/C18H24N4.HI/c1-15-9-11-16(12-10-15)21-18(19)20-13-6-14-22(2)17-7-4-3-5-8-17;/h3-5,7-12H,6,13-14H2,1-2H3,(H3,19,20,21);1H. The molecule has 0 fully saturated rings. The Kier molecular flexibility index (Phi) is 8.47. The van der Waals surface area contributed by atoms with E-state index < -0.39 is 0 Å². The predicted molar refractivity (Wildman–Crippen MR) is 111 cm³/mol. The normalized spacial score (nSPS) is 10.8. The second-order valence-electron chi connectivity index (χ2n) is 5.37. The van der Waals surface area contributed by atoms with E-state index in [4.69, 9.17) is 5.73 Å². The molecular formula is C18H25IN4. The highest BCUT2D eigenvalue weighted by Gasteiger charge is 1.99. The van der Waals surface area contributed by atoms with E-state index in [1.807, 2.05) is 42.5 Å². The maximum absolute atomic E-state index is 5.90. The summed E-state index contributed by atoms with van der Waals surface area (Å²) in [5, 5.41) is 3.10. The summed E-state index contributed by atoms with van der Waals surface area (Å²) in [4.78, 5) is 6.59. The summed E-state index contributed by atoms with van der Waals surface area (Å²) in [5.41, 5.74) is 9.31. The molecule has 0 radical (unpaired) electrons. The van der Waals surface area contributed by atoms with Gasteiger partial charge in [-0.2, -0.15) is 0 Å². The van der Waals surface area contributed by atoms with Crippen LogP contribution in [0.4, 0.5) is 11.4 Å². The van der Waals surface area contributed by atoms with Gasteiger partial charge in [-0.1, -0.05) is 35.9 Å². The van der Waals surface area contributed by atoms with Crippen molar-refractivity contribution in [3.05, 3.63) is 60.2 Å². The van der Waals surface area contributed by atoms with E-state index in [1.54, 1.807) is 0 Å². The van der Waals surface area contributed by atoms with Crippen molar-refractivity contribution in [2.45, 2.75) is 13.3 Å².